The van der Waals surface area contributed by atoms with Crippen LogP contribution < -0.4 is 0 Å². The highest BCUT2D eigenvalue weighted by Crippen LogP contribution is 2.36. The molecule has 2 atom stereocenters. The zero-order valence-corrected chi connectivity index (χ0v) is 12.4. The molecular weight excluding hydrogens is 286 g/mol. The normalized spacial score (nSPS) is 22.6. The van der Waals surface area contributed by atoms with Gasteiger partial charge in [-0.2, -0.15) is 5.06 Å². The summed E-state index contributed by atoms with van der Waals surface area (Å²) in [5, 5.41) is 12.3. The number of halogens is 1. The van der Waals surface area contributed by atoms with Crippen LogP contribution in [0.2, 0.25) is 5.02 Å². The van der Waals surface area contributed by atoms with Crippen LogP contribution in [-0.2, 0) is 11.4 Å². The highest BCUT2D eigenvalue weighted by atomic mass is 35.5. The van der Waals surface area contributed by atoms with Crippen molar-refractivity contribution >= 4 is 11.6 Å². The molecule has 0 unspecified atom stereocenters. The third-order valence-electron chi connectivity index (χ3n) is 3.84. The molecule has 1 saturated heterocycles. The van der Waals surface area contributed by atoms with Gasteiger partial charge in [0, 0.05) is 17.5 Å². The van der Waals surface area contributed by atoms with Crippen LogP contribution in [0.4, 0.5) is 0 Å². The second-order valence-corrected chi connectivity index (χ2v) is 5.73. The Morgan fingerprint density at radius 2 is 1.81 bits per heavy atom. The minimum absolute atomic E-state index is 0.0486. The molecule has 1 N–H and O–H groups in total. The molecule has 0 radical (unpaired) electrons. The van der Waals surface area contributed by atoms with Gasteiger partial charge in [-0.15, -0.1) is 0 Å². The number of aliphatic hydroxyl groups is 1. The van der Waals surface area contributed by atoms with Gasteiger partial charge in [-0.3, -0.25) is 4.84 Å². The molecule has 0 aliphatic carbocycles. The second-order valence-electron chi connectivity index (χ2n) is 5.30. The number of nitrogens with zero attached hydrogens (tertiary/aromatic N) is 1. The molecule has 1 heterocycles. The Labute approximate surface area is 129 Å². The Morgan fingerprint density at radius 3 is 2.48 bits per heavy atom. The number of hydrogen-bond donors (Lipinski definition) is 1. The van der Waals surface area contributed by atoms with Gasteiger partial charge in [-0.05, 0) is 23.3 Å². The van der Waals surface area contributed by atoms with Gasteiger partial charge >= 0.3 is 0 Å². The highest BCUT2D eigenvalue weighted by molar-refractivity contribution is 6.30. The molecule has 4 heteroatoms. The van der Waals surface area contributed by atoms with Crippen LogP contribution in [0.15, 0.2) is 54.6 Å². The van der Waals surface area contributed by atoms with Crippen molar-refractivity contribution < 1.29 is 9.94 Å². The van der Waals surface area contributed by atoms with Gasteiger partial charge in [0.1, 0.15) is 0 Å². The summed E-state index contributed by atoms with van der Waals surface area (Å²) < 4.78 is 0. The molecule has 1 fully saturated rings. The van der Waals surface area contributed by atoms with Crippen LogP contribution in [0.25, 0.3) is 0 Å². The van der Waals surface area contributed by atoms with Crippen molar-refractivity contribution in [3.05, 3.63) is 70.7 Å². The first-order valence-corrected chi connectivity index (χ1v) is 7.45. The minimum atomic E-state index is 0.0486. The van der Waals surface area contributed by atoms with Crippen LogP contribution >= 0.6 is 11.6 Å². The lowest BCUT2D eigenvalue weighted by molar-refractivity contribution is -0.141. The van der Waals surface area contributed by atoms with Gasteiger partial charge in [0.05, 0.1) is 19.3 Å². The maximum atomic E-state index is 9.60. The van der Waals surface area contributed by atoms with Crippen molar-refractivity contribution in [3.8, 4) is 0 Å². The molecule has 0 spiro atoms. The molecule has 0 saturated carbocycles. The van der Waals surface area contributed by atoms with E-state index in [1.165, 1.54) is 5.56 Å². The van der Waals surface area contributed by atoms with E-state index >= 15 is 0 Å². The van der Waals surface area contributed by atoms with Gasteiger partial charge in [-0.25, -0.2) is 0 Å². The molecule has 3 nitrogen and oxygen atoms in total. The van der Waals surface area contributed by atoms with Crippen LogP contribution in [-0.4, -0.2) is 23.4 Å². The van der Waals surface area contributed by atoms with Gasteiger partial charge in [0.25, 0.3) is 0 Å². The summed E-state index contributed by atoms with van der Waals surface area (Å²) in [4.78, 5) is 5.80. The van der Waals surface area contributed by atoms with Crippen LogP contribution in [0.5, 0.6) is 0 Å². The van der Waals surface area contributed by atoms with Crippen LogP contribution in [0.1, 0.15) is 17.2 Å². The molecule has 21 heavy (non-hydrogen) atoms. The first-order valence-electron chi connectivity index (χ1n) is 7.07. The lowest BCUT2D eigenvalue weighted by atomic mass is 9.94. The molecule has 110 valence electrons. The average molecular weight is 304 g/mol. The first-order chi connectivity index (χ1) is 10.3. The van der Waals surface area contributed by atoms with Crippen molar-refractivity contribution in [2.45, 2.75) is 12.6 Å². The summed E-state index contributed by atoms with van der Waals surface area (Å²) in [6.45, 7) is 1.35. The van der Waals surface area contributed by atoms with E-state index in [1.807, 2.05) is 47.5 Å². The number of benzene rings is 2. The SMILES string of the molecule is OC[C@H]1CON(Cc2ccccc2)[C@@H]1c1ccc(Cl)cc1. The van der Waals surface area contributed by atoms with Crippen molar-refractivity contribution in [3.63, 3.8) is 0 Å². The fraction of sp³-hybridized carbons (Fsp3) is 0.294. The largest absolute Gasteiger partial charge is 0.396 e. The third-order valence-corrected chi connectivity index (χ3v) is 4.09. The molecule has 3 rings (SSSR count). The maximum absolute atomic E-state index is 9.60. The molecule has 1 aliphatic heterocycles. The molecule has 2 aromatic carbocycles. The van der Waals surface area contributed by atoms with Gasteiger partial charge < -0.3 is 5.11 Å². The van der Waals surface area contributed by atoms with E-state index in [-0.39, 0.29) is 18.6 Å². The number of aliphatic hydroxyl groups excluding tert-OH is 1. The second kappa shape index (κ2) is 6.58. The lowest BCUT2D eigenvalue weighted by Crippen LogP contribution is -2.25. The van der Waals surface area contributed by atoms with E-state index in [1.54, 1.807) is 0 Å². The smallest absolute Gasteiger partial charge is 0.0754 e. The predicted molar refractivity (Wildman–Crippen MR) is 82.7 cm³/mol. The number of hydroxylamine groups is 2. The van der Waals surface area contributed by atoms with Crippen LogP contribution in [0.3, 0.4) is 0 Å². The summed E-state index contributed by atoms with van der Waals surface area (Å²) in [6, 6.07) is 18.0. The number of hydrogen-bond acceptors (Lipinski definition) is 3. The van der Waals surface area contributed by atoms with Gasteiger partial charge in [-0.1, -0.05) is 54.1 Å². The van der Waals surface area contributed by atoms with Crippen molar-refractivity contribution in [1.82, 2.24) is 5.06 Å². The quantitative estimate of drug-likeness (QED) is 0.939. The monoisotopic (exact) mass is 303 g/mol. The van der Waals surface area contributed by atoms with E-state index < -0.39 is 0 Å². The standard InChI is InChI=1S/C17H18ClNO2/c18-16-8-6-14(7-9-16)17-15(11-20)12-21-19(17)10-13-4-2-1-3-5-13/h1-9,15,17,20H,10-12H2/t15-,17+/m0/s1. The summed E-state index contributed by atoms with van der Waals surface area (Å²) >= 11 is 5.96. The molecule has 1 aliphatic rings. The summed E-state index contributed by atoms with van der Waals surface area (Å²) in [5.41, 5.74) is 2.31. The molecule has 0 aromatic heterocycles. The fourth-order valence-corrected chi connectivity index (χ4v) is 2.88. The minimum Gasteiger partial charge on any atom is -0.396 e. The summed E-state index contributed by atoms with van der Waals surface area (Å²) in [6.07, 6.45) is 0. The van der Waals surface area contributed by atoms with Crippen LogP contribution in [0, 0.1) is 5.92 Å². The molecule has 2 aromatic rings. The molecule has 0 bridgehead atoms. The Balaban J connectivity index is 1.83. The summed E-state index contributed by atoms with van der Waals surface area (Å²) in [5.74, 6) is 0.0786. The van der Waals surface area contributed by atoms with Gasteiger partial charge in [0.2, 0.25) is 0 Å². The fourth-order valence-electron chi connectivity index (χ4n) is 2.76. The number of rotatable bonds is 4. The average Bonchev–Trinajstić information content (AvgIpc) is 2.92. The zero-order valence-electron chi connectivity index (χ0n) is 11.7. The predicted octanol–water partition coefficient (Wildman–Crippen LogP) is 3.44. The Morgan fingerprint density at radius 1 is 1.10 bits per heavy atom. The Kier molecular flexibility index (Phi) is 4.56. The highest BCUT2D eigenvalue weighted by Gasteiger charge is 2.36. The Hall–Kier alpha value is -1.39. The van der Waals surface area contributed by atoms with E-state index in [2.05, 4.69) is 12.1 Å². The molecular formula is C17H18ClNO2. The Bertz CT molecular complexity index is 573. The van der Waals surface area contributed by atoms with E-state index in [4.69, 9.17) is 16.4 Å². The van der Waals surface area contributed by atoms with Crippen molar-refractivity contribution in [2.24, 2.45) is 5.92 Å². The van der Waals surface area contributed by atoms with Crippen molar-refractivity contribution in [2.75, 3.05) is 13.2 Å². The third kappa shape index (κ3) is 3.27. The van der Waals surface area contributed by atoms with Crippen molar-refractivity contribution in [1.29, 1.82) is 0 Å². The lowest BCUT2D eigenvalue weighted by Gasteiger charge is -2.25. The van der Waals surface area contributed by atoms with E-state index in [0.29, 0.717) is 18.2 Å². The zero-order chi connectivity index (χ0) is 14.7. The molecule has 0 amide bonds. The maximum Gasteiger partial charge on any atom is 0.0754 e. The summed E-state index contributed by atoms with van der Waals surface area (Å²) in [7, 11) is 0. The van der Waals surface area contributed by atoms with E-state index in [0.717, 1.165) is 5.56 Å². The van der Waals surface area contributed by atoms with Gasteiger partial charge in [0.15, 0.2) is 0 Å². The topological polar surface area (TPSA) is 32.7 Å². The first kappa shape index (κ1) is 14.5. The van der Waals surface area contributed by atoms with E-state index in [9.17, 15) is 5.11 Å².